The summed E-state index contributed by atoms with van der Waals surface area (Å²) in [6.07, 6.45) is 30.1. The van der Waals surface area contributed by atoms with Crippen molar-refractivity contribution < 1.29 is 23.5 Å². The summed E-state index contributed by atoms with van der Waals surface area (Å²) in [5.41, 5.74) is 0. The van der Waals surface area contributed by atoms with Crippen LogP contribution in [0, 0.1) is 0 Å². The fourth-order valence-electron chi connectivity index (χ4n) is 5.34. The molecular formula is C36H72NO4+. The van der Waals surface area contributed by atoms with Gasteiger partial charge in [0.2, 0.25) is 0 Å². The Labute approximate surface area is 256 Å². The third-order valence-electron chi connectivity index (χ3n) is 8.05. The topological polar surface area (TPSA) is 52.6 Å². The minimum Gasteiger partial charge on any atom is -0.462 e. The molecule has 244 valence electrons. The number of carbonyl (C=O) groups is 2. The lowest BCUT2D eigenvalue weighted by Gasteiger charge is -2.25. The van der Waals surface area contributed by atoms with Gasteiger partial charge in [0.25, 0.3) is 0 Å². The second kappa shape index (κ2) is 29.0. The molecule has 1 unspecified atom stereocenters. The molecule has 41 heavy (non-hydrogen) atoms. The van der Waals surface area contributed by atoms with E-state index in [1.807, 2.05) is 0 Å². The summed E-state index contributed by atoms with van der Waals surface area (Å²) < 4.78 is 12.2. The van der Waals surface area contributed by atoms with Crippen molar-refractivity contribution in [1.29, 1.82) is 0 Å². The molecule has 5 nitrogen and oxygen atoms in total. The molecule has 0 radical (unpaired) electrons. The second-order valence-electron chi connectivity index (χ2n) is 13.5. The van der Waals surface area contributed by atoms with Gasteiger partial charge in [0, 0.05) is 19.3 Å². The van der Waals surface area contributed by atoms with Crippen LogP contribution in [0.25, 0.3) is 0 Å². The third kappa shape index (κ3) is 31.7. The molecule has 0 heterocycles. The van der Waals surface area contributed by atoms with E-state index in [-0.39, 0.29) is 24.6 Å². The Morgan fingerprint density at radius 3 is 1.27 bits per heavy atom. The van der Waals surface area contributed by atoms with Crippen LogP contribution < -0.4 is 0 Å². The Balaban J connectivity index is 4.06. The molecule has 1 atom stereocenters. The lowest BCUT2D eigenvalue weighted by Crippen LogP contribution is -2.36. The van der Waals surface area contributed by atoms with Crippen LogP contribution in [0.2, 0.25) is 0 Å². The van der Waals surface area contributed by atoms with Crippen molar-refractivity contribution in [3.8, 4) is 0 Å². The van der Waals surface area contributed by atoms with Crippen molar-refractivity contribution in [1.82, 2.24) is 0 Å². The zero-order valence-corrected chi connectivity index (χ0v) is 28.5. The Morgan fingerprint density at radius 1 is 0.512 bits per heavy atom. The third-order valence-corrected chi connectivity index (χ3v) is 8.05. The van der Waals surface area contributed by atoms with Crippen LogP contribution in [0.5, 0.6) is 0 Å². The molecule has 0 aliphatic carbocycles. The Hall–Kier alpha value is -1.10. The summed E-state index contributed by atoms with van der Waals surface area (Å²) >= 11 is 0. The molecule has 0 bridgehead atoms. The van der Waals surface area contributed by atoms with Gasteiger partial charge >= 0.3 is 11.9 Å². The van der Waals surface area contributed by atoms with Crippen LogP contribution in [0.3, 0.4) is 0 Å². The maximum Gasteiger partial charge on any atom is 0.306 e. The SMILES string of the molecule is CCCCCCCCCCCCCC(=O)OCC(CCC[N+](C)(C)C)OC(=O)CCCCCCCCCCCCC. The van der Waals surface area contributed by atoms with E-state index in [2.05, 4.69) is 35.0 Å². The Morgan fingerprint density at radius 2 is 0.878 bits per heavy atom. The Kier molecular flexibility index (Phi) is 28.2. The van der Waals surface area contributed by atoms with Crippen molar-refractivity contribution in [2.75, 3.05) is 34.3 Å². The molecule has 0 aromatic heterocycles. The molecule has 0 aromatic rings. The molecule has 0 aliphatic heterocycles. The normalized spacial score (nSPS) is 12.4. The summed E-state index contributed by atoms with van der Waals surface area (Å²) in [6, 6.07) is 0. The first-order chi connectivity index (χ1) is 19.8. The first-order valence-electron chi connectivity index (χ1n) is 17.9. The van der Waals surface area contributed by atoms with E-state index in [1.54, 1.807) is 0 Å². The maximum absolute atomic E-state index is 12.5. The van der Waals surface area contributed by atoms with Crippen molar-refractivity contribution in [2.45, 2.75) is 187 Å². The standard InChI is InChI=1S/C36H72NO4/c1-6-8-10-12-14-16-18-20-22-24-26-30-35(38)40-33-34(29-28-32-37(3,4)5)41-36(39)31-27-25-23-21-19-17-15-13-11-9-7-2/h34H,6-33H2,1-5H3/q+1. The van der Waals surface area contributed by atoms with E-state index in [4.69, 9.17) is 9.47 Å². The lowest BCUT2D eigenvalue weighted by molar-refractivity contribution is -0.870. The molecular weight excluding hydrogens is 510 g/mol. The minimum absolute atomic E-state index is 0.141. The van der Waals surface area contributed by atoms with Crippen LogP contribution in [0.4, 0.5) is 0 Å². The van der Waals surface area contributed by atoms with Gasteiger partial charge in [-0.05, 0) is 19.3 Å². The zero-order chi connectivity index (χ0) is 30.4. The summed E-state index contributed by atoms with van der Waals surface area (Å²) in [4.78, 5) is 24.9. The van der Waals surface area contributed by atoms with Gasteiger partial charge < -0.3 is 14.0 Å². The average Bonchev–Trinajstić information content (AvgIpc) is 2.92. The van der Waals surface area contributed by atoms with E-state index in [9.17, 15) is 9.59 Å². The molecule has 0 amide bonds. The highest BCUT2D eigenvalue weighted by atomic mass is 16.6. The highest BCUT2D eigenvalue weighted by Gasteiger charge is 2.18. The van der Waals surface area contributed by atoms with Gasteiger partial charge in [-0.1, -0.05) is 142 Å². The van der Waals surface area contributed by atoms with Crippen LogP contribution >= 0.6 is 0 Å². The van der Waals surface area contributed by atoms with Gasteiger partial charge in [0.15, 0.2) is 0 Å². The minimum atomic E-state index is -0.331. The van der Waals surface area contributed by atoms with Crippen LogP contribution in [0.15, 0.2) is 0 Å². The number of esters is 2. The number of unbranched alkanes of at least 4 members (excludes halogenated alkanes) is 20. The first-order valence-corrected chi connectivity index (χ1v) is 17.9. The molecule has 0 aromatic carbocycles. The largest absolute Gasteiger partial charge is 0.462 e. The molecule has 0 N–H and O–H groups in total. The van der Waals surface area contributed by atoms with Crippen molar-refractivity contribution in [3.63, 3.8) is 0 Å². The highest BCUT2D eigenvalue weighted by Crippen LogP contribution is 2.15. The van der Waals surface area contributed by atoms with Crippen LogP contribution in [-0.4, -0.2) is 56.8 Å². The molecule has 0 saturated carbocycles. The van der Waals surface area contributed by atoms with Crippen molar-refractivity contribution >= 4 is 11.9 Å². The number of quaternary nitrogens is 1. The predicted molar refractivity (Wildman–Crippen MR) is 175 cm³/mol. The van der Waals surface area contributed by atoms with E-state index in [0.717, 1.165) is 49.6 Å². The Bertz CT molecular complexity index is 587. The number of hydrogen-bond donors (Lipinski definition) is 0. The number of rotatable bonds is 31. The molecule has 0 spiro atoms. The van der Waals surface area contributed by atoms with Gasteiger partial charge in [-0.25, -0.2) is 0 Å². The molecule has 0 fully saturated rings. The summed E-state index contributed by atoms with van der Waals surface area (Å²) in [5.74, 6) is -0.295. The predicted octanol–water partition coefficient (Wildman–Crippen LogP) is 10.3. The number of carbonyl (C=O) groups excluding carboxylic acids is 2. The van der Waals surface area contributed by atoms with E-state index in [0.29, 0.717) is 12.8 Å². The van der Waals surface area contributed by atoms with Gasteiger partial charge in [0.1, 0.15) is 12.7 Å². The van der Waals surface area contributed by atoms with E-state index >= 15 is 0 Å². The van der Waals surface area contributed by atoms with Crippen LogP contribution in [0.1, 0.15) is 181 Å². The quantitative estimate of drug-likeness (QED) is 0.0463. The summed E-state index contributed by atoms with van der Waals surface area (Å²) in [7, 11) is 6.50. The van der Waals surface area contributed by atoms with Gasteiger partial charge in [0.05, 0.1) is 27.7 Å². The second-order valence-corrected chi connectivity index (χ2v) is 13.5. The van der Waals surface area contributed by atoms with Gasteiger partial charge in [-0.2, -0.15) is 0 Å². The average molecular weight is 583 g/mol. The van der Waals surface area contributed by atoms with Crippen molar-refractivity contribution in [3.05, 3.63) is 0 Å². The fraction of sp³-hybridized carbons (Fsp3) is 0.944. The maximum atomic E-state index is 12.5. The van der Waals surface area contributed by atoms with E-state index < -0.39 is 0 Å². The van der Waals surface area contributed by atoms with Gasteiger partial charge in [-0.15, -0.1) is 0 Å². The summed E-state index contributed by atoms with van der Waals surface area (Å²) in [6.45, 7) is 5.72. The van der Waals surface area contributed by atoms with Crippen molar-refractivity contribution in [2.24, 2.45) is 0 Å². The smallest absolute Gasteiger partial charge is 0.306 e. The van der Waals surface area contributed by atoms with Gasteiger partial charge in [-0.3, -0.25) is 9.59 Å². The monoisotopic (exact) mass is 583 g/mol. The highest BCUT2D eigenvalue weighted by molar-refractivity contribution is 5.70. The lowest BCUT2D eigenvalue weighted by atomic mass is 10.1. The number of nitrogens with zero attached hydrogens (tertiary/aromatic N) is 1. The molecule has 0 aliphatic rings. The molecule has 0 rings (SSSR count). The summed E-state index contributed by atoms with van der Waals surface area (Å²) in [5, 5.41) is 0. The molecule has 5 heteroatoms. The number of hydrogen-bond acceptors (Lipinski definition) is 4. The number of ether oxygens (including phenoxy) is 2. The van der Waals surface area contributed by atoms with E-state index in [1.165, 1.54) is 116 Å². The zero-order valence-electron chi connectivity index (χ0n) is 28.5. The fourth-order valence-corrected chi connectivity index (χ4v) is 5.34. The van der Waals surface area contributed by atoms with Crippen LogP contribution in [-0.2, 0) is 19.1 Å². The molecule has 0 saturated heterocycles. The first kappa shape index (κ1) is 39.9.